The van der Waals surface area contributed by atoms with Crippen molar-refractivity contribution in [2.24, 2.45) is 5.10 Å². The quantitative estimate of drug-likeness (QED) is 0.586. The largest absolute Gasteiger partial charge is 0.271 e. The fraction of sp³-hybridized carbons (Fsp3) is 0.300. The smallest absolute Gasteiger partial charge is 0.260 e. The summed E-state index contributed by atoms with van der Waals surface area (Å²) in [5.41, 5.74) is 5.85. The normalized spacial score (nSPS) is 11.7. The highest BCUT2D eigenvalue weighted by molar-refractivity contribution is 7.92. The van der Waals surface area contributed by atoms with Gasteiger partial charge in [0, 0.05) is 0 Å². The van der Waals surface area contributed by atoms with Crippen LogP contribution in [0.4, 0.5) is 5.69 Å². The average Bonchev–Trinajstić information content (AvgIpc) is 2.59. The first-order valence-electron chi connectivity index (χ1n) is 8.63. The fourth-order valence-electron chi connectivity index (χ4n) is 2.52. The molecule has 27 heavy (non-hydrogen) atoms. The molecule has 0 bridgehead atoms. The molecule has 6 nitrogen and oxygen atoms in total. The van der Waals surface area contributed by atoms with Crippen LogP contribution in [0.25, 0.3) is 0 Å². The molecule has 2 aromatic rings. The third-order valence-electron chi connectivity index (χ3n) is 3.98. The van der Waals surface area contributed by atoms with Gasteiger partial charge in [-0.15, -0.1) is 0 Å². The lowest BCUT2D eigenvalue weighted by Gasteiger charge is -2.21. The monoisotopic (exact) mass is 387 g/mol. The Balaban J connectivity index is 2.08. The summed E-state index contributed by atoms with van der Waals surface area (Å²) >= 11 is 0. The van der Waals surface area contributed by atoms with Crippen molar-refractivity contribution in [2.45, 2.75) is 26.7 Å². The van der Waals surface area contributed by atoms with Crippen molar-refractivity contribution in [1.29, 1.82) is 0 Å². The summed E-state index contributed by atoms with van der Waals surface area (Å²) in [5.74, 6) is -0.178. The molecule has 0 unspecified atom stereocenters. The van der Waals surface area contributed by atoms with Gasteiger partial charge in [0.1, 0.15) is 6.54 Å². The van der Waals surface area contributed by atoms with Gasteiger partial charge in [0.2, 0.25) is 10.0 Å². The Morgan fingerprint density at radius 3 is 2.41 bits per heavy atom. The predicted octanol–water partition coefficient (Wildman–Crippen LogP) is 3.03. The lowest BCUT2D eigenvalue weighted by atomic mass is 10.0. The molecule has 7 heteroatoms. The van der Waals surface area contributed by atoms with Gasteiger partial charge in [0.15, 0.2) is 0 Å². The molecule has 0 aliphatic heterocycles. The average molecular weight is 388 g/mol. The third-order valence-corrected chi connectivity index (χ3v) is 5.12. The summed E-state index contributed by atoms with van der Waals surface area (Å²) in [6.45, 7) is 5.74. The molecule has 1 N–H and O–H groups in total. The lowest BCUT2D eigenvalue weighted by molar-refractivity contribution is -0.119. The maximum absolute atomic E-state index is 12.2. The summed E-state index contributed by atoms with van der Waals surface area (Å²) in [6, 6.07) is 14.8. The van der Waals surface area contributed by atoms with Gasteiger partial charge in [0.05, 0.1) is 18.2 Å². The Morgan fingerprint density at radius 2 is 1.85 bits per heavy atom. The van der Waals surface area contributed by atoms with Gasteiger partial charge in [-0.2, -0.15) is 5.10 Å². The molecule has 0 radical (unpaired) electrons. The molecule has 0 heterocycles. The van der Waals surface area contributed by atoms with Gasteiger partial charge in [-0.1, -0.05) is 55.8 Å². The Labute approximate surface area is 161 Å². The SMILES string of the molecule is Cc1cccc(/C=N\NC(=O)CN(c2ccc(C(C)C)cc2)S(C)(=O)=O)c1. The molecule has 0 atom stereocenters. The zero-order valence-corrected chi connectivity index (χ0v) is 16.8. The summed E-state index contributed by atoms with van der Waals surface area (Å²) in [7, 11) is -3.61. The predicted molar refractivity (Wildman–Crippen MR) is 110 cm³/mol. The number of hydrogen-bond acceptors (Lipinski definition) is 4. The van der Waals surface area contributed by atoms with Crippen LogP contribution in [0.15, 0.2) is 53.6 Å². The van der Waals surface area contributed by atoms with E-state index >= 15 is 0 Å². The molecule has 0 fully saturated rings. The summed E-state index contributed by atoms with van der Waals surface area (Å²) < 4.78 is 25.3. The number of anilines is 1. The van der Waals surface area contributed by atoms with Crippen molar-refractivity contribution in [3.8, 4) is 0 Å². The Morgan fingerprint density at radius 1 is 1.19 bits per heavy atom. The maximum atomic E-state index is 12.2. The number of amides is 1. The number of nitrogens with one attached hydrogen (secondary N) is 1. The first-order valence-corrected chi connectivity index (χ1v) is 10.5. The van der Waals surface area contributed by atoms with E-state index in [9.17, 15) is 13.2 Å². The van der Waals surface area contributed by atoms with Crippen LogP contribution in [0, 0.1) is 6.92 Å². The topological polar surface area (TPSA) is 78.8 Å². The van der Waals surface area contributed by atoms with E-state index in [0.29, 0.717) is 11.6 Å². The van der Waals surface area contributed by atoms with E-state index in [-0.39, 0.29) is 6.54 Å². The number of hydrogen-bond donors (Lipinski definition) is 1. The van der Waals surface area contributed by atoms with Crippen molar-refractivity contribution in [1.82, 2.24) is 5.43 Å². The van der Waals surface area contributed by atoms with Crippen LogP contribution in [-0.4, -0.2) is 33.3 Å². The van der Waals surface area contributed by atoms with Gasteiger partial charge >= 0.3 is 0 Å². The molecule has 0 aliphatic rings. The minimum absolute atomic E-state index is 0.338. The molecule has 0 aliphatic carbocycles. The van der Waals surface area contributed by atoms with E-state index in [1.54, 1.807) is 12.1 Å². The minimum Gasteiger partial charge on any atom is -0.271 e. The fourth-order valence-corrected chi connectivity index (χ4v) is 3.38. The van der Waals surface area contributed by atoms with Gasteiger partial charge in [-0.05, 0) is 36.1 Å². The molecular weight excluding hydrogens is 362 g/mol. The standard InChI is InChI=1S/C20H25N3O3S/c1-15(2)18-8-10-19(11-9-18)23(27(4,25)26)14-20(24)22-21-13-17-7-5-6-16(3)12-17/h5-13,15H,14H2,1-4H3,(H,22,24)/b21-13-. The number of nitrogens with zero attached hydrogens (tertiary/aromatic N) is 2. The van der Waals surface area contributed by atoms with Crippen molar-refractivity contribution in [2.75, 3.05) is 17.1 Å². The van der Waals surface area contributed by atoms with Crippen LogP contribution in [0.2, 0.25) is 0 Å². The van der Waals surface area contributed by atoms with Gasteiger partial charge in [-0.25, -0.2) is 13.8 Å². The second kappa shape index (κ2) is 8.81. The number of benzene rings is 2. The van der Waals surface area contributed by atoms with Crippen LogP contribution in [0.5, 0.6) is 0 Å². The second-order valence-electron chi connectivity index (χ2n) is 6.72. The molecule has 2 rings (SSSR count). The summed E-state index contributed by atoms with van der Waals surface area (Å²) in [6.07, 6.45) is 2.60. The van der Waals surface area contributed by atoms with E-state index in [1.165, 1.54) is 6.21 Å². The number of carbonyl (C=O) groups excluding carboxylic acids is 1. The van der Waals surface area contributed by atoms with Gasteiger partial charge in [-0.3, -0.25) is 9.10 Å². The molecule has 0 saturated carbocycles. The number of rotatable bonds is 7. The maximum Gasteiger partial charge on any atom is 0.260 e. The second-order valence-corrected chi connectivity index (χ2v) is 8.63. The third kappa shape index (κ3) is 6.21. The van der Waals surface area contributed by atoms with Crippen molar-refractivity contribution < 1.29 is 13.2 Å². The number of hydrazone groups is 1. The zero-order valence-electron chi connectivity index (χ0n) is 16.0. The lowest BCUT2D eigenvalue weighted by Crippen LogP contribution is -2.39. The molecule has 2 aromatic carbocycles. The molecule has 144 valence electrons. The number of aryl methyl sites for hydroxylation is 1. The van der Waals surface area contributed by atoms with E-state index < -0.39 is 15.9 Å². The summed E-state index contributed by atoms with van der Waals surface area (Å²) in [5, 5.41) is 3.90. The van der Waals surface area contributed by atoms with Crippen molar-refractivity contribution in [3.63, 3.8) is 0 Å². The highest BCUT2D eigenvalue weighted by Gasteiger charge is 2.20. The van der Waals surface area contributed by atoms with E-state index in [2.05, 4.69) is 24.4 Å². The van der Waals surface area contributed by atoms with Gasteiger partial charge in [0.25, 0.3) is 5.91 Å². The molecular formula is C20H25N3O3S. The van der Waals surface area contributed by atoms with Crippen LogP contribution in [0.1, 0.15) is 36.5 Å². The molecule has 0 aromatic heterocycles. The highest BCUT2D eigenvalue weighted by Crippen LogP contribution is 2.21. The minimum atomic E-state index is -3.61. The highest BCUT2D eigenvalue weighted by atomic mass is 32.2. The zero-order chi connectivity index (χ0) is 20.0. The van der Waals surface area contributed by atoms with Gasteiger partial charge < -0.3 is 0 Å². The van der Waals surface area contributed by atoms with Crippen LogP contribution in [0.3, 0.4) is 0 Å². The van der Waals surface area contributed by atoms with Crippen LogP contribution >= 0.6 is 0 Å². The van der Waals surface area contributed by atoms with Crippen LogP contribution < -0.4 is 9.73 Å². The number of sulfonamides is 1. The van der Waals surface area contributed by atoms with Crippen molar-refractivity contribution in [3.05, 3.63) is 65.2 Å². The van der Waals surface area contributed by atoms with E-state index in [0.717, 1.165) is 27.3 Å². The van der Waals surface area contributed by atoms with Crippen LogP contribution in [-0.2, 0) is 14.8 Å². The first kappa shape index (κ1) is 20.6. The Hall–Kier alpha value is -2.67. The van der Waals surface area contributed by atoms with E-state index in [1.807, 2.05) is 43.3 Å². The molecule has 0 saturated heterocycles. The van der Waals surface area contributed by atoms with E-state index in [4.69, 9.17) is 0 Å². The molecule has 0 spiro atoms. The Kier molecular flexibility index (Phi) is 6.74. The number of carbonyl (C=O) groups is 1. The first-order chi connectivity index (χ1) is 12.7. The summed E-state index contributed by atoms with van der Waals surface area (Å²) in [4.78, 5) is 12.2. The molecule has 1 amide bonds. The Bertz CT molecular complexity index is 920. The van der Waals surface area contributed by atoms with Crippen molar-refractivity contribution >= 4 is 27.8 Å².